The molecule has 4 fully saturated rings. The molecule has 0 atom stereocenters. The minimum atomic E-state index is 0.407. The summed E-state index contributed by atoms with van der Waals surface area (Å²) in [6.07, 6.45) is 9.61. The predicted molar refractivity (Wildman–Crippen MR) is 75.9 cm³/mol. The van der Waals surface area contributed by atoms with E-state index in [0.29, 0.717) is 5.41 Å². The number of nitrogens with two attached hydrogens (primary N) is 1. The highest BCUT2D eigenvalue weighted by Gasteiger charge is 2.53. The minimum Gasteiger partial charge on any atom is -0.346 e. The van der Waals surface area contributed by atoms with E-state index in [-0.39, 0.29) is 0 Å². The van der Waals surface area contributed by atoms with Crippen LogP contribution in [0.1, 0.15) is 55.7 Å². The maximum absolute atomic E-state index is 5.78. The number of rotatable bonds is 3. The zero-order valence-corrected chi connectivity index (χ0v) is 11.9. The number of imidazole rings is 1. The summed E-state index contributed by atoms with van der Waals surface area (Å²) in [6, 6.07) is 0. The molecule has 3 nitrogen and oxygen atoms in total. The lowest BCUT2D eigenvalue weighted by Gasteiger charge is -2.56. The van der Waals surface area contributed by atoms with Crippen LogP contribution in [0.25, 0.3) is 0 Å². The molecule has 0 saturated heterocycles. The van der Waals surface area contributed by atoms with Crippen molar-refractivity contribution in [3.63, 3.8) is 0 Å². The predicted octanol–water partition coefficient (Wildman–Crippen LogP) is 2.69. The van der Waals surface area contributed by atoms with Crippen LogP contribution in [0.4, 0.5) is 0 Å². The average molecular weight is 259 g/mol. The van der Waals surface area contributed by atoms with Gasteiger partial charge in [0.1, 0.15) is 5.82 Å². The molecule has 3 heteroatoms. The van der Waals surface area contributed by atoms with Gasteiger partial charge in [0, 0.05) is 17.5 Å². The summed E-state index contributed by atoms with van der Waals surface area (Å²) in [7, 11) is 0. The van der Waals surface area contributed by atoms with Gasteiger partial charge in [-0.15, -0.1) is 0 Å². The average Bonchev–Trinajstić information content (AvgIpc) is 2.70. The largest absolute Gasteiger partial charge is 0.346 e. The second-order valence-electron chi connectivity index (χ2n) is 7.39. The lowest BCUT2D eigenvalue weighted by atomic mass is 9.48. The van der Waals surface area contributed by atoms with Gasteiger partial charge < -0.3 is 10.7 Å². The summed E-state index contributed by atoms with van der Waals surface area (Å²) < 4.78 is 0. The summed E-state index contributed by atoms with van der Waals surface area (Å²) in [4.78, 5) is 8.39. The number of aromatic nitrogens is 2. The summed E-state index contributed by atoms with van der Waals surface area (Å²) >= 11 is 0. The van der Waals surface area contributed by atoms with Crippen molar-refractivity contribution >= 4 is 0 Å². The summed E-state index contributed by atoms with van der Waals surface area (Å²) in [5, 5.41) is 0. The van der Waals surface area contributed by atoms with Gasteiger partial charge in [-0.3, -0.25) is 0 Å². The van der Waals surface area contributed by atoms with Crippen molar-refractivity contribution in [3.05, 3.63) is 17.2 Å². The number of nitrogens with zero attached hydrogens (tertiary/aromatic N) is 1. The van der Waals surface area contributed by atoms with Crippen LogP contribution in [0.15, 0.2) is 0 Å². The molecule has 4 aliphatic rings. The van der Waals surface area contributed by atoms with Gasteiger partial charge in [-0.1, -0.05) is 0 Å². The molecule has 4 bridgehead atoms. The molecule has 0 amide bonds. The molecule has 1 aromatic rings. The molecule has 0 spiro atoms. The Labute approximate surface area is 115 Å². The first-order valence-corrected chi connectivity index (χ1v) is 7.94. The molecule has 19 heavy (non-hydrogen) atoms. The molecule has 3 N–H and O–H groups in total. The van der Waals surface area contributed by atoms with E-state index < -0.39 is 0 Å². The number of aryl methyl sites for hydroxylation is 1. The number of H-pyrrole nitrogens is 1. The molecular formula is C16H25N3. The van der Waals surface area contributed by atoms with Crippen LogP contribution in [0.2, 0.25) is 0 Å². The van der Waals surface area contributed by atoms with Crippen molar-refractivity contribution in [2.75, 3.05) is 6.54 Å². The molecule has 0 aromatic carbocycles. The number of nitrogens with one attached hydrogen (secondary N) is 1. The van der Waals surface area contributed by atoms with Crippen molar-refractivity contribution in [2.24, 2.45) is 23.5 Å². The van der Waals surface area contributed by atoms with Gasteiger partial charge in [-0.05, 0) is 69.7 Å². The van der Waals surface area contributed by atoms with E-state index in [1.807, 2.05) is 0 Å². The maximum Gasteiger partial charge on any atom is 0.103 e. The third kappa shape index (κ3) is 1.78. The number of hydrogen-bond acceptors (Lipinski definition) is 2. The molecule has 4 saturated carbocycles. The highest BCUT2D eigenvalue weighted by atomic mass is 14.9. The van der Waals surface area contributed by atoms with E-state index in [9.17, 15) is 0 Å². The van der Waals surface area contributed by atoms with E-state index in [1.165, 1.54) is 49.9 Å². The first kappa shape index (κ1) is 12.0. The van der Waals surface area contributed by atoms with Gasteiger partial charge in [0.05, 0.1) is 5.69 Å². The van der Waals surface area contributed by atoms with Crippen LogP contribution < -0.4 is 5.73 Å². The van der Waals surface area contributed by atoms with Crippen molar-refractivity contribution < 1.29 is 0 Å². The van der Waals surface area contributed by atoms with Gasteiger partial charge in [0.2, 0.25) is 0 Å². The van der Waals surface area contributed by atoms with Crippen LogP contribution >= 0.6 is 0 Å². The number of aromatic amines is 1. The Balaban J connectivity index is 1.75. The summed E-state index contributed by atoms with van der Waals surface area (Å²) in [5.41, 5.74) is 8.92. The van der Waals surface area contributed by atoms with Gasteiger partial charge in [-0.2, -0.15) is 0 Å². The molecule has 1 aromatic heterocycles. The van der Waals surface area contributed by atoms with E-state index in [2.05, 4.69) is 11.9 Å². The first-order chi connectivity index (χ1) is 9.18. The fraction of sp³-hybridized carbons (Fsp3) is 0.812. The van der Waals surface area contributed by atoms with Crippen LogP contribution in [0, 0.1) is 24.7 Å². The normalized spacial score (nSPS) is 40.0. The standard InChI is InChI=1S/C16H25N3/c1-10-18-14(2-3-17)15(19-10)16-7-11-4-12(8-16)6-13(5-11)9-16/h11-13H,2-9,17H2,1H3,(H,18,19). The third-order valence-electron chi connectivity index (χ3n) is 5.83. The van der Waals surface area contributed by atoms with Crippen LogP contribution in [-0.2, 0) is 11.8 Å². The Morgan fingerprint density at radius 3 is 2.26 bits per heavy atom. The second kappa shape index (κ2) is 4.08. The van der Waals surface area contributed by atoms with Crippen molar-refractivity contribution in [1.29, 1.82) is 0 Å². The van der Waals surface area contributed by atoms with Crippen LogP contribution in [-0.4, -0.2) is 16.5 Å². The van der Waals surface area contributed by atoms with Crippen molar-refractivity contribution in [3.8, 4) is 0 Å². The topological polar surface area (TPSA) is 54.7 Å². The fourth-order valence-electron chi connectivity index (χ4n) is 5.71. The monoisotopic (exact) mass is 259 g/mol. The highest BCUT2D eigenvalue weighted by molar-refractivity contribution is 5.29. The zero-order chi connectivity index (χ0) is 13.0. The minimum absolute atomic E-state index is 0.407. The molecule has 0 aliphatic heterocycles. The van der Waals surface area contributed by atoms with Gasteiger partial charge in [-0.25, -0.2) is 4.98 Å². The SMILES string of the molecule is Cc1nc(C23CC4CC(CC(C4)C2)C3)c(CCN)[nH]1. The second-order valence-corrected chi connectivity index (χ2v) is 7.39. The quantitative estimate of drug-likeness (QED) is 0.877. The van der Waals surface area contributed by atoms with E-state index in [1.54, 1.807) is 0 Å². The molecule has 1 heterocycles. The Hall–Kier alpha value is -0.830. The number of hydrogen-bond donors (Lipinski definition) is 2. The van der Waals surface area contributed by atoms with E-state index >= 15 is 0 Å². The molecule has 104 valence electrons. The lowest BCUT2D eigenvalue weighted by molar-refractivity contribution is -0.00745. The summed E-state index contributed by atoms with van der Waals surface area (Å²) in [6.45, 7) is 2.81. The van der Waals surface area contributed by atoms with Crippen molar-refractivity contribution in [2.45, 2.75) is 57.3 Å². The Kier molecular flexibility index (Phi) is 2.57. The molecule has 5 rings (SSSR count). The first-order valence-electron chi connectivity index (χ1n) is 7.94. The van der Waals surface area contributed by atoms with Crippen LogP contribution in [0.5, 0.6) is 0 Å². The molecule has 0 radical (unpaired) electrons. The fourth-order valence-corrected chi connectivity index (χ4v) is 5.71. The summed E-state index contributed by atoms with van der Waals surface area (Å²) in [5.74, 6) is 4.02. The Morgan fingerprint density at radius 2 is 1.74 bits per heavy atom. The van der Waals surface area contributed by atoms with E-state index in [0.717, 1.165) is 36.5 Å². The third-order valence-corrected chi connectivity index (χ3v) is 5.83. The molecule has 0 unspecified atom stereocenters. The maximum atomic E-state index is 5.78. The molecule has 4 aliphatic carbocycles. The van der Waals surface area contributed by atoms with Gasteiger partial charge >= 0.3 is 0 Å². The Morgan fingerprint density at radius 1 is 1.16 bits per heavy atom. The van der Waals surface area contributed by atoms with Crippen LogP contribution in [0.3, 0.4) is 0 Å². The molecular weight excluding hydrogens is 234 g/mol. The highest BCUT2D eigenvalue weighted by Crippen LogP contribution is 2.60. The lowest BCUT2D eigenvalue weighted by Crippen LogP contribution is -2.49. The van der Waals surface area contributed by atoms with Crippen molar-refractivity contribution in [1.82, 2.24) is 9.97 Å². The van der Waals surface area contributed by atoms with E-state index in [4.69, 9.17) is 10.7 Å². The Bertz CT molecular complexity index is 453. The van der Waals surface area contributed by atoms with Gasteiger partial charge in [0.15, 0.2) is 0 Å². The van der Waals surface area contributed by atoms with Gasteiger partial charge in [0.25, 0.3) is 0 Å². The smallest absolute Gasteiger partial charge is 0.103 e. The zero-order valence-electron chi connectivity index (χ0n) is 11.9.